The van der Waals surface area contributed by atoms with E-state index in [0.29, 0.717) is 5.92 Å². The predicted octanol–water partition coefficient (Wildman–Crippen LogP) is 2.93. The van der Waals surface area contributed by atoms with Gasteiger partial charge >= 0.3 is 0 Å². The van der Waals surface area contributed by atoms with Crippen LogP contribution in [0.5, 0.6) is 0 Å². The fraction of sp³-hybridized carbons (Fsp3) is 0.308. The molecule has 0 bridgehead atoms. The number of nitrogens with zero attached hydrogens (tertiary/aromatic N) is 2. The number of fused-ring (bicyclic) bond motifs is 1. The Morgan fingerprint density at radius 1 is 1.33 bits per heavy atom. The van der Waals surface area contributed by atoms with E-state index in [1.165, 1.54) is 24.1 Å². The summed E-state index contributed by atoms with van der Waals surface area (Å²) in [7, 11) is 2.07. The van der Waals surface area contributed by atoms with E-state index in [2.05, 4.69) is 23.8 Å². The highest BCUT2D eigenvalue weighted by atomic mass is 15.0. The number of aryl methyl sites for hydroxylation is 1. The Hall–Kier alpha value is -1.75. The zero-order valence-corrected chi connectivity index (χ0v) is 8.70. The van der Waals surface area contributed by atoms with E-state index in [4.69, 9.17) is 0 Å². The van der Waals surface area contributed by atoms with E-state index >= 15 is 0 Å². The van der Waals surface area contributed by atoms with Gasteiger partial charge in [0.05, 0.1) is 5.56 Å². The number of nitriles is 1. The first-order valence-corrected chi connectivity index (χ1v) is 5.30. The summed E-state index contributed by atoms with van der Waals surface area (Å²) in [5.74, 6) is 0.622. The average Bonchev–Trinajstić information content (AvgIpc) is 3.05. The van der Waals surface area contributed by atoms with Crippen LogP contribution in [0.25, 0.3) is 10.9 Å². The third-order valence-electron chi connectivity index (χ3n) is 3.23. The van der Waals surface area contributed by atoms with Crippen molar-refractivity contribution in [3.05, 3.63) is 35.5 Å². The number of benzene rings is 1. The summed E-state index contributed by atoms with van der Waals surface area (Å²) in [6.07, 6.45) is 2.47. The molecule has 74 valence electrons. The first kappa shape index (κ1) is 8.55. The molecule has 1 aromatic carbocycles. The van der Waals surface area contributed by atoms with Gasteiger partial charge in [-0.3, -0.25) is 0 Å². The molecule has 2 aromatic rings. The standard InChI is InChI=1S/C13H12N2/c1-15-12-5-3-2-4-10(12)11(8-14)13(15)9-6-7-9/h2-5,9H,6-7H2,1H3. The number of hydrogen-bond donors (Lipinski definition) is 0. The lowest BCUT2D eigenvalue weighted by Gasteiger charge is -2.01. The average molecular weight is 196 g/mol. The third kappa shape index (κ3) is 1.10. The minimum absolute atomic E-state index is 0.622. The van der Waals surface area contributed by atoms with Crippen LogP contribution in [0, 0.1) is 11.3 Å². The van der Waals surface area contributed by atoms with Crippen LogP contribution in [-0.2, 0) is 7.05 Å². The van der Waals surface area contributed by atoms with Gasteiger partial charge < -0.3 is 4.57 Å². The normalized spacial score (nSPS) is 15.5. The van der Waals surface area contributed by atoms with E-state index < -0.39 is 0 Å². The van der Waals surface area contributed by atoms with Gasteiger partial charge in [-0.25, -0.2) is 0 Å². The fourth-order valence-corrected chi connectivity index (χ4v) is 2.37. The number of hydrogen-bond acceptors (Lipinski definition) is 1. The molecule has 0 amide bonds. The molecule has 1 aliphatic carbocycles. The van der Waals surface area contributed by atoms with E-state index in [9.17, 15) is 5.26 Å². The summed E-state index contributed by atoms with van der Waals surface area (Å²) in [6.45, 7) is 0. The van der Waals surface area contributed by atoms with Crippen molar-refractivity contribution in [3.63, 3.8) is 0 Å². The van der Waals surface area contributed by atoms with Crippen LogP contribution in [0.1, 0.15) is 30.0 Å². The van der Waals surface area contributed by atoms with Crippen LogP contribution in [0.15, 0.2) is 24.3 Å². The van der Waals surface area contributed by atoms with Gasteiger partial charge in [0.1, 0.15) is 6.07 Å². The smallest absolute Gasteiger partial charge is 0.102 e. The molecule has 0 N–H and O–H groups in total. The molecule has 0 atom stereocenters. The third-order valence-corrected chi connectivity index (χ3v) is 3.23. The highest BCUT2D eigenvalue weighted by Gasteiger charge is 2.30. The van der Waals surface area contributed by atoms with Gasteiger partial charge in [0, 0.05) is 29.6 Å². The van der Waals surface area contributed by atoms with E-state index in [-0.39, 0.29) is 0 Å². The molecule has 1 heterocycles. The summed E-state index contributed by atoms with van der Waals surface area (Å²) in [6, 6.07) is 10.5. The quantitative estimate of drug-likeness (QED) is 0.689. The van der Waals surface area contributed by atoms with Gasteiger partial charge in [0.25, 0.3) is 0 Å². The van der Waals surface area contributed by atoms with Crippen molar-refractivity contribution in [2.24, 2.45) is 7.05 Å². The maximum atomic E-state index is 9.24. The maximum absolute atomic E-state index is 9.24. The number of rotatable bonds is 1. The SMILES string of the molecule is Cn1c(C2CC2)c(C#N)c2ccccc21. The summed E-state index contributed by atoms with van der Waals surface area (Å²) >= 11 is 0. The minimum Gasteiger partial charge on any atom is -0.346 e. The van der Waals surface area contributed by atoms with Crippen molar-refractivity contribution in [3.8, 4) is 6.07 Å². The fourth-order valence-electron chi connectivity index (χ4n) is 2.37. The number of para-hydroxylation sites is 1. The Kier molecular flexibility index (Phi) is 1.63. The summed E-state index contributed by atoms with van der Waals surface area (Å²) in [5, 5.41) is 10.3. The van der Waals surface area contributed by atoms with Gasteiger partial charge in [-0.1, -0.05) is 18.2 Å². The van der Waals surface area contributed by atoms with Gasteiger partial charge in [-0.05, 0) is 18.9 Å². The molecule has 0 radical (unpaired) electrons. The Bertz CT molecular complexity index is 568. The topological polar surface area (TPSA) is 28.7 Å². The summed E-state index contributed by atoms with van der Waals surface area (Å²) in [4.78, 5) is 0. The summed E-state index contributed by atoms with van der Waals surface area (Å²) < 4.78 is 2.19. The monoisotopic (exact) mass is 196 g/mol. The highest BCUT2D eigenvalue weighted by molar-refractivity contribution is 5.88. The van der Waals surface area contributed by atoms with Gasteiger partial charge in [-0.2, -0.15) is 5.26 Å². The van der Waals surface area contributed by atoms with E-state index in [1.807, 2.05) is 18.2 Å². The van der Waals surface area contributed by atoms with Crippen molar-refractivity contribution < 1.29 is 0 Å². The molecule has 15 heavy (non-hydrogen) atoms. The molecule has 3 rings (SSSR count). The molecule has 1 saturated carbocycles. The van der Waals surface area contributed by atoms with Crippen LogP contribution >= 0.6 is 0 Å². The number of aromatic nitrogens is 1. The zero-order chi connectivity index (χ0) is 10.4. The molecule has 1 aliphatic rings. The van der Waals surface area contributed by atoms with Crippen molar-refractivity contribution in [1.82, 2.24) is 4.57 Å². The largest absolute Gasteiger partial charge is 0.346 e. The van der Waals surface area contributed by atoms with Gasteiger partial charge in [0.15, 0.2) is 0 Å². The van der Waals surface area contributed by atoms with Crippen molar-refractivity contribution in [2.45, 2.75) is 18.8 Å². The summed E-state index contributed by atoms with van der Waals surface area (Å²) in [5.41, 5.74) is 3.30. The maximum Gasteiger partial charge on any atom is 0.102 e. The first-order chi connectivity index (χ1) is 7.33. The molecule has 0 saturated heterocycles. The lowest BCUT2D eigenvalue weighted by atomic mass is 10.1. The second-order valence-corrected chi connectivity index (χ2v) is 4.22. The Labute approximate surface area is 88.7 Å². The molecule has 1 fully saturated rings. The molecule has 1 aromatic heterocycles. The highest BCUT2D eigenvalue weighted by Crippen LogP contribution is 2.44. The molecule has 0 aliphatic heterocycles. The van der Waals surface area contributed by atoms with E-state index in [1.54, 1.807) is 0 Å². The molecular formula is C13H12N2. The second kappa shape index (κ2) is 2.87. The van der Waals surface area contributed by atoms with Crippen LogP contribution in [0.4, 0.5) is 0 Å². The molecule has 2 nitrogen and oxygen atoms in total. The van der Waals surface area contributed by atoms with Gasteiger partial charge in [0.2, 0.25) is 0 Å². The van der Waals surface area contributed by atoms with Crippen LogP contribution < -0.4 is 0 Å². The van der Waals surface area contributed by atoms with Crippen LogP contribution in [0.3, 0.4) is 0 Å². The van der Waals surface area contributed by atoms with Gasteiger partial charge in [-0.15, -0.1) is 0 Å². The Balaban J connectivity index is 2.42. The van der Waals surface area contributed by atoms with E-state index in [0.717, 1.165) is 10.9 Å². The van der Waals surface area contributed by atoms with Crippen molar-refractivity contribution >= 4 is 10.9 Å². The molecule has 0 spiro atoms. The molecule has 0 unspecified atom stereocenters. The Morgan fingerprint density at radius 2 is 2.07 bits per heavy atom. The first-order valence-electron chi connectivity index (χ1n) is 5.30. The second-order valence-electron chi connectivity index (χ2n) is 4.22. The Morgan fingerprint density at radius 3 is 2.73 bits per heavy atom. The van der Waals surface area contributed by atoms with Crippen LogP contribution in [-0.4, -0.2) is 4.57 Å². The lowest BCUT2D eigenvalue weighted by molar-refractivity contribution is 0.854. The van der Waals surface area contributed by atoms with Crippen molar-refractivity contribution in [1.29, 1.82) is 5.26 Å². The zero-order valence-electron chi connectivity index (χ0n) is 8.70. The minimum atomic E-state index is 0.622. The predicted molar refractivity (Wildman–Crippen MR) is 59.6 cm³/mol. The van der Waals surface area contributed by atoms with Crippen LogP contribution in [0.2, 0.25) is 0 Å². The lowest BCUT2D eigenvalue weighted by Crippen LogP contribution is -1.95. The molecular weight excluding hydrogens is 184 g/mol. The van der Waals surface area contributed by atoms with Crippen molar-refractivity contribution in [2.75, 3.05) is 0 Å². The molecule has 2 heteroatoms.